The van der Waals surface area contributed by atoms with Crippen molar-refractivity contribution in [1.29, 1.82) is 0 Å². The van der Waals surface area contributed by atoms with Crippen molar-refractivity contribution in [2.45, 2.75) is 6.92 Å². The lowest BCUT2D eigenvalue weighted by Crippen LogP contribution is -2.02. The largest absolute Gasteiger partial charge is 0.369 e. The Bertz CT molecular complexity index is 435. The molecule has 0 unspecified atom stereocenters. The first-order chi connectivity index (χ1) is 7.15. The quantitative estimate of drug-likeness (QED) is 0.521. The standard InChI is InChI=1S/C10H9BrN2O2/c1-2-3-6-12-9-5-4-8(11)7-10(9)13(14)15/h4-5,7,12H,6H2,1H3. The summed E-state index contributed by atoms with van der Waals surface area (Å²) < 4.78 is 0.682. The van der Waals surface area contributed by atoms with Gasteiger partial charge < -0.3 is 5.32 Å². The minimum atomic E-state index is -0.424. The predicted molar refractivity (Wildman–Crippen MR) is 62.7 cm³/mol. The van der Waals surface area contributed by atoms with Crippen LogP contribution in [0, 0.1) is 22.0 Å². The zero-order valence-electron chi connectivity index (χ0n) is 8.08. The monoisotopic (exact) mass is 268 g/mol. The van der Waals surface area contributed by atoms with Gasteiger partial charge in [0.2, 0.25) is 0 Å². The highest BCUT2D eigenvalue weighted by atomic mass is 79.9. The van der Waals surface area contributed by atoms with Gasteiger partial charge in [0.05, 0.1) is 11.5 Å². The van der Waals surface area contributed by atoms with Crippen molar-refractivity contribution in [2.24, 2.45) is 0 Å². The van der Waals surface area contributed by atoms with E-state index in [2.05, 4.69) is 33.1 Å². The number of nitro benzene ring substituents is 1. The molecule has 1 N–H and O–H groups in total. The molecule has 0 aliphatic carbocycles. The number of hydrogen-bond donors (Lipinski definition) is 1. The van der Waals surface area contributed by atoms with Gasteiger partial charge in [0, 0.05) is 10.5 Å². The van der Waals surface area contributed by atoms with Gasteiger partial charge in [0.15, 0.2) is 0 Å². The van der Waals surface area contributed by atoms with Crippen LogP contribution in [0.1, 0.15) is 6.92 Å². The van der Waals surface area contributed by atoms with Gasteiger partial charge in [0.25, 0.3) is 5.69 Å². The first-order valence-electron chi connectivity index (χ1n) is 4.22. The van der Waals surface area contributed by atoms with Gasteiger partial charge in [0.1, 0.15) is 5.69 Å². The van der Waals surface area contributed by atoms with Crippen LogP contribution in [0.15, 0.2) is 22.7 Å². The zero-order chi connectivity index (χ0) is 11.3. The molecule has 0 amide bonds. The molecule has 0 fully saturated rings. The van der Waals surface area contributed by atoms with Gasteiger partial charge in [-0.3, -0.25) is 10.1 Å². The lowest BCUT2D eigenvalue weighted by atomic mass is 10.2. The Labute approximate surface area is 96.0 Å². The number of anilines is 1. The number of hydrogen-bond acceptors (Lipinski definition) is 3. The van der Waals surface area contributed by atoms with Crippen LogP contribution in [-0.2, 0) is 0 Å². The van der Waals surface area contributed by atoms with Crippen LogP contribution in [0.3, 0.4) is 0 Å². The Balaban J connectivity index is 2.94. The Hall–Kier alpha value is -1.54. The van der Waals surface area contributed by atoms with E-state index >= 15 is 0 Å². The first-order valence-corrected chi connectivity index (χ1v) is 5.02. The highest BCUT2D eigenvalue weighted by molar-refractivity contribution is 9.10. The molecule has 4 nitrogen and oxygen atoms in total. The van der Waals surface area contributed by atoms with E-state index in [-0.39, 0.29) is 5.69 Å². The first kappa shape index (κ1) is 11.5. The van der Waals surface area contributed by atoms with Crippen molar-refractivity contribution >= 4 is 27.3 Å². The van der Waals surface area contributed by atoms with Crippen LogP contribution in [0.4, 0.5) is 11.4 Å². The summed E-state index contributed by atoms with van der Waals surface area (Å²) in [5.41, 5.74) is 0.522. The molecular formula is C10H9BrN2O2. The lowest BCUT2D eigenvalue weighted by Gasteiger charge is -2.03. The Morgan fingerprint density at radius 1 is 1.60 bits per heavy atom. The lowest BCUT2D eigenvalue weighted by molar-refractivity contribution is -0.384. The molecule has 0 bridgehead atoms. The highest BCUT2D eigenvalue weighted by Crippen LogP contribution is 2.27. The summed E-state index contributed by atoms with van der Waals surface area (Å²) in [5, 5.41) is 13.6. The van der Waals surface area contributed by atoms with E-state index in [0.29, 0.717) is 16.7 Å². The van der Waals surface area contributed by atoms with E-state index in [4.69, 9.17) is 0 Å². The fraction of sp³-hybridized carbons (Fsp3) is 0.200. The molecule has 0 aliphatic rings. The summed E-state index contributed by atoms with van der Waals surface area (Å²) >= 11 is 3.19. The average molecular weight is 269 g/mol. The van der Waals surface area contributed by atoms with Gasteiger partial charge in [-0.25, -0.2) is 0 Å². The number of nitrogens with one attached hydrogen (secondary N) is 1. The van der Waals surface area contributed by atoms with Crippen LogP contribution in [0.2, 0.25) is 0 Å². The van der Waals surface area contributed by atoms with Crippen LogP contribution in [0.25, 0.3) is 0 Å². The number of rotatable bonds is 3. The second-order valence-electron chi connectivity index (χ2n) is 2.70. The third kappa shape index (κ3) is 3.26. The normalized spacial score (nSPS) is 8.93. The molecule has 1 aromatic carbocycles. The highest BCUT2D eigenvalue weighted by Gasteiger charge is 2.12. The molecule has 0 spiro atoms. The van der Waals surface area contributed by atoms with Crippen LogP contribution in [-0.4, -0.2) is 11.5 Å². The fourth-order valence-electron chi connectivity index (χ4n) is 1.03. The zero-order valence-corrected chi connectivity index (χ0v) is 9.67. The average Bonchev–Trinajstić information content (AvgIpc) is 2.20. The molecule has 0 saturated carbocycles. The van der Waals surface area contributed by atoms with Gasteiger partial charge in [-0.1, -0.05) is 21.9 Å². The number of nitro groups is 1. The third-order valence-electron chi connectivity index (χ3n) is 1.70. The maximum Gasteiger partial charge on any atom is 0.293 e. The molecule has 0 atom stereocenters. The minimum absolute atomic E-state index is 0.0438. The maximum absolute atomic E-state index is 10.7. The van der Waals surface area contributed by atoms with Gasteiger partial charge in [-0.2, -0.15) is 0 Å². The topological polar surface area (TPSA) is 55.2 Å². The number of halogens is 1. The number of benzene rings is 1. The van der Waals surface area contributed by atoms with Crippen molar-refractivity contribution in [3.05, 3.63) is 32.8 Å². The van der Waals surface area contributed by atoms with E-state index in [9.17, 15) is 10.1 Å². The van der Waals surface area contributed by atoms with Gasteiger partial charge in [-0.15, -0.1) is 5.92 Å². The summed E-state index contributed by atoms with van der Waals surface area (Å²) in [6, 6.07) is 4.86. The van der Waals surface area contributed by atoms with Crippen molar-refractivity contribution < 1.29 is 4.92 Å². The van der Waals surface area contributed by atoms with Crippen molar-refractivity contribution in [1.82, 2.24) is 0 Å². The van der Waals surface area contributed by atoms with E-state index in [1.807, 2.05) is 0 Å². The van der Waals surface area contributed by atoms with Gasteiger partial charge in [-0.05, 0) is 19.1 Å². The molecule has 0 saturated heterocycles. The predicted octanol–water partition coefficient (Wildman–Crippen LogP) is 2.79. The van der Waals surface area contributed by atoms with E-state index in [1.54, 1.807) is 19.1 Å². The van der Waals surface area contributed by atoms with E-state index < -0.39 is 4.92 Å². The van der Waals surface area contributed by atoms with E-state index in [1.165, 1.54) is 6.07 Å². The molecule has 1 aromatic rings. The second-order valence-corrected chi connectivity index (χ2v) is 3.61. The summed E-state index contributed by atoms with van der Waals surface area (Å²) in [5.74, 6) is 5.49. The van der Waals surface area contributed by atoms with Crippen LogP contribution in [0.5, 0.6) is 0 Å². The SMILES string of the molecule is CC#CCNc1ccc(Br)cc1[N+](=O)[O-]. The van der Waals surface area contributed by atoms with Crippen LogP contribution >= 0.6 is 15.9 Å². The Morgan fingerprint density at radius 2 is 2.33 bits per heavy atom. The van der Waals surface area contributed by atoms with Crippen molar-refractivity contribution in [2.75, 3.05) is 11.9 Å². The molecular weight excluding hydrogens is 260 g/mol. The summed E-state index contributed by atoms with van der Waals surface area (Å²) in [4.78, 5) is 10.3. The summed E-state index contributed by atoms with van der Waals surface area (Å²) in [6.07, 6.45) is 0. The molecule has 78 valence electrons. The second kappa shape index (κ2) is 5.37. The Kier molecular flexibility index (Phi) is 4.13. The minimum Gasteiger partial charge on any atom is -0.369 e. The molecule has 0 radical (unpaired) electrons. The molecule has 0 heterocycles. The number of nitrogens with zero attached hydrogens (tertiary/aromatic N) is 1. The van der Waals surface area contributed by atoms with Crippen molar-refractivity contribution in [3.63, 3.8) is 0 Å². The Morgan fingerprint density at radius 3 is 2.93 bits per heavy atom. The summed E-state index contributed by atoms with van der Waals surface area (Å²) in [6.45, 7) is 2.12. The third-order valence-corrected chi connectivity index (χ3v) is 2.19. The van der Waals surface area contributed by atoms with Crippen molar-refractivity contribution in [3.8, 4) is 11.8 Å². The summed E-state index contributed by atoms with van der Waals surface area (Å²) in [7, 11) is 0. The molecule has 5 heteroatoms. The molecule has 15 heavy (non-hydrogen) atoms. The maximum atomic E-state index is 10.7. The van der Waals surface area contributed by atoms with E-state index in [0.717, 1.165) is 0 Å². The molecule has 1 rings (SSSR count). The molecule has 0 aromatic heterocycles. The van der Waals surface area contributed by atoms with Crippen LogP contribution < -0.4 is 5.32 Å². The fourth-order valence-corrected chi connectivity index (χ4v) is 1.38. The van der Waals surface area contributed by atoms with Gasteiger partial charge >= 0.3 is 0 Å². The molecule has 0 aliphatic heterocycles. The smallest absolute Gasteiger partial charge is 0.293 e.